The van der Waals surface area contributed by atoms with Gasteiger partial charge in [-0.15, -0.1) is 0 Å². The minimum Gasteiger partial charge on any atom is -0.481 e. The Morgan fingerprint density at radius 3 is 2.64 bits per heavy atom. The molecule has 0 amide bonds. The Hall–Kier alpha value is -0.570. The molecule has 0 aliphatic heterocycles. The summed E-state index contributed by atoms with van der Waals surface area (Å²) in [6, 6.07) is 0. The van der Waals surface area contributed by atoms with Crippen LogP contribution >= 0.6 is 0 Å². The van der Waals surface area contributed by atoms with Crippen LogP contribution in [0.2, 0.25) is 0 Å². The van der Waals surface area contributed by atoms with Crippen molar-refractivity contribution in [1.82, 2.24) is 0 Å². The van der Waals surface area contributed by atoms with Crippen molar-refractivity contribution in [1.29, 1.82) is 0 Å². The Morgan fingerprint density at radius 2 is 2.36 bits per heavy atom. The minimum atomic E-state index is -0.744. The van der Waals surface area contributed by atoms with Crippen molar-refractivity contribution in [3.63, 3.8) is 0 Å². The monoisotopic (exact) mass is 157 g/mol. The normalized spacial score (nSPS) is 31.5. The smallest absolute Gasteiger partial charge is 0.307 e. The molecule has 0 bridgehead atoms. The highest BCUT2D eigenvalue weighted by molar-refractivity contribution is 5.70. The quantitative estimate of drug-likeness (QED) is 0.631. The maximum atomic E-state index is 10.5. The molecule has 0 spiro atoms. The maximum Gasteiger partial charge on any atom is 0.307 e. The molecule has 0 heterocycles. The average Bonchev–Trinajstić information content (AvgIpc) is 2.61. The van der Waals surface area contributed by atoms with Gasteiger partial charge in [0.1, 0.15) is 0 Å². The summed E-state index contributed by atoms with van der Waals surface area (Å²) in [7, 11) is 0. The van der Waals surface area contributed by atoms with Crippen LogP contribution in [0.4, 0.5) is 0 Å². The van der Waals surface area contributed by atoms with Crippen molar-refractivity contribution < 1.29 is 9.90 Å². The molecule has 3 atom stereocenters. The molecular weight excluding hydrogens is 142 g/mol. The van der Waals surface area contributed by atoms with E-state index in [1.165, 1.54) is 6.42 Å². The zero-order valence-electron chi connectivity index (χ0n) is 6.79. The van der Waals surface area contributed by atoms with Gasteiger partial charge in [-0.1, -0.05) is 6.92 Å². The molecule has 1 aliphatic rings. The number of rotatable bonds is 4. The summed E-state index contributed by atoms with van der Waals surface area (Å²) in [5.74, 6) is 0.291. The van der Waals surface area contributed by atoms with Crippen LogP contribution < -0.4 is 5.73 Å². The third-order valence-corrected chi connectivity index (χ3v) is 2.50. The van der Waals surface area contributed by atoms with E-state index in [0.29, 0.717) is 5.92 Å². The lowest BCUT2D eigenvalue weighted by Gasteiger charge is -2.07. The SMILES string of the molecule is CC1CC1CC(CN)C(=O)O. The molecule has 0 saturated heterocycles. The highest BCUT2D eigenvalue weighted by atomic mass is 16.4. The van der Waals surface area contributed by atoms with Crippen LogP contribution in [0.5, 0.6) is 0 Å². The highest BCUT2D eigenvalue weighted by Crippen LogP contribution is 2.42. The molecule has 3 nitrogen and oxygen atoms in total. The molecule has 0 radical (unpaired) electrons. The van der Waals surface area contributed by atoms with Gasteiger partial charge in [0, 0.05) is 6.54 Å². The second-order valence-electron chi connectivity index (χ2n) is 3.48. The molecule has 1 saturated carbocycles. The summed E-state index contributed by atoms with van der Waals surface area (Å²) in [5, 5.41) is 8.66. The van der Waals surface area contributed by atoms with Gasteiger partial charge in [0.15, 0.2) is 0 Å². The lowest BCUT2D eigenvalue weighted by Crippen LogP contribution is -2.23. The van der Waals surface area contributed by atoms with E-state index < -0.39 is 5.97 Å². The van der Waals surface area contributed by atoms with Crippen molar-refractivity contribution in [3.8, 4) is 0 Å². The third kappa shape index (κ3) is 2.19. The second-order valence-corrected chi connectivity index (χ2v) is 3.48. The molecule has 64 valence electrons. The van der Waals surface area contributed by atoms with Crippen LogP contribution in [0.15, 0.2) is 0 Å². The lowest BCUT2D eigenvalue weighted by atomic mass is 10.0. The number of nitrogens with two attached hydrogens (primary N) is 1. The van der Waals surface area contributed by atoms with Crippen LogP contribution in [0.1, 0.15) is 19.8 Å². The summed E-state index contributed by atoms with van der Waals surface area (Å²) in [4.78, 5) is 10.5. The summed E-state index contributed by atoms with van der Waals surface area (Å²) < 4.78 is 0. The zero-order chi connectivity index (χ0) is 8.43. The first-order valence-corrected chi connectivity index (χ1v) is 4.08. The predicted octanol–water partition coefficient (Wildman–Crippen LogP) is 0.692. The fourth-order valence-corrected chi connectivity index (χ4v) is 1.39. The second kappa shape index (κ2) is 3.22. The molecule has 3 N–H and O–H groups in total. The molecule has 1 aliphatic carbocycles. The Bertz CT molecular complexity index is 158. The van der Waals surface area contributed by atoms with E-state index in [-0.39, 0.29) is 12.5 Å². The first-order chi connectivity index (χ1) is 5.15. The molecule has 1 rings (SSSR count). The Labute approximate surface area is 66.6 Å². The van der Waals surface area contributed by atoms with Gasteiger partial charge in [0.05, 0.1) is 5.92 Å². The number of hydrogen-bond donors (Lipinski definition) is 2. The molecule has 0 aromatic carbocycles. The number of carboxylic acids is 1. The van der Waals surface area contributed by atoms with Crippen molar-refractivity contribution >= 4 is 5.97 Å². The van der Waals surface area contributed by atoms with Crippen LogP contribution in [-0.2, 0) is 4.79 Å². The summed E-state index contributed by atoms with van der Waals surface area (Å²) >= 11 is 0. The van der Waals surface area contributed by atoms with Gasteiger partial charge >= 0.3 is 5.97 Å². The van der Waals surface area contributed by atoms with Gasteiger partial charge in [0.25, 0.3) is 0 Å². The van der Waals surface area contributed by atoms with Gasteiger partial charge in [-0.2, -0.15) is 0 Å². The van der Waals surface area contributed by atoms with Crippen LogP contribution in [0, 0.1) is 17.8 Å². The average molecular weight is 157 g/mol. The third-order valence-electron chi connectivity index (χ3n) is 2.50. The molecule has 11 heavy (non-hydrogen) atoms. The van der Waals surface area contributed by atoms with Crippen molar-refractivity contribution in [2.45, 2.75) is 19.8 Å². The van der Waals surface area contributed by atoms with E-state index in [4.69, 9.17) is 10.8 Å². The minimum absolute atomic E-state index is 0.276. The van der Waals surface area contributed by atoms with Crippen molar-refractivity contribution in [3.05, 3.63) is 0 Å². The summed E-state index contributed by atoms with van der Waals surface area (Å²) in [5.41, 5.74) is 5.31. The van der Waals surface area contributed by atoms with Gasteiger partial charge < -0.3 is 10.8 Å². The van der Waals surface area contributed by atoms with E-state index >= 15 is 0 Å². The topological polar surface area (TPSA) is 63.3 Å². The van der Waals surface area contributed by atoms with E-state index in [9.17, 15) is 4.79 Å². The van der Waals surface area contributed by atoms with E-state index in [1.807, 2.05) is 0 Å². The number of hydrogen-bond acceptors (Lipinski definition) is 2. The van der Waals surface area contributed by atoms with Gasteiger partial charge in [-0.25, -0.2) is 0 Å². The van der Waals surface area contributed by atoms with E-state index in [2.05, 4.69) is 6.92 Å². The van der Waals surface area contributed by atoms with Gasteiger partial charge in [-0.05, 0) is 24.7 Å². The van der Waals surface area contributed by atoms with Crippen LogP contribution in [0.25, 0.3) is 0 Å². The number of carboxylic acid groups (broad SMARTS) is 1. The van der Waals surface area contributed by atoms with Crippen LogP contribution in [-0.4, -0.2) is 17.6 Å². The van der Waals surface area contributed by atoms with E-state index in [0.717, 1.165) is 12.3 Å². The lowest BCUT2D eigenvalue weighted by molar-refractivity contribution is -0.141. The first kappa shape index (κ1) is 8.53. The van der Waals surface area contributed by atoms with Gasteiger partial charge in [0.2, 0.25) is 0 Å². The molecule has 3 unspecified atom stereocenters. The van der Waals surface area contributed by atoms with Crippen LogP contribution in [0.3, 0.4) is 0 Å². The molecule has 0 aromatic rings. The highest BCUT2D eigenvalue weighted by Gasteiger charge is 2.35. The molecule has 3 heteroatoms. The van der Waals surface area contributed by atoms with Crippen molar-refractivity contribution in [2.75, 3.05) is 6.54 Å². The molecule has 1 fully saturated rings. The maximum absolute atomic E-state index is 10.5. The van der Waals surface area contributed by atoms with E-state index in [1.54, 1.807) is 0 Å². The van der Waals surface area contributed by atoms with Crippen molar-refractivity contribution in [2.24, 2.45) is 23.5 Å². The fourth-order valence-electron chi connectivity index (χ4n) is 1.39. The molecule has 0 aromatic heterocycles. The standard InChI is InChI=1S/C8H15NO2/c1-5-2-6(5)3-7(4-9)8(10)11/h5-7H,2-4,9H2,1H3,(H,10,11). The first-order valence-electron chi connectivity index (χ1n) is 4.08. The molecular formula is C8H15NO2. The zero-order valence-corrected chi connectivity index (χ0v) is 6.79. The summed E-state index contributed by atoms with van der Waals surface area (Å²) in [6.07, 6.45) is 1.96. The summed E-state index contributed by atoms with van der Waals surface area (Å²) in [6.45, 7) is 2.43. The van der Waals surface area contributed by atoms with Gasteiger partial charge in [-0.3, -0.25) is 4.79 Å². The Balaban J connectivity index is 2.27. The largest absolute Gasteiger partial charge is 0.481 e. The Morgan fingerprint density at radius 1 is 1.82 bits per heavy atom. The number of aliphatic carboxylic acids is 1. The number of carbonyl (C=O) groups is 1. The Kier molecular flexibility index (Phi) is 2.49. The predicted molar refractivity (Wildman–Crippen MR) is 42.1 cm³/mol. The fraction of sp³-hybridized carbons (Fsp3) is 0.875.